The molecule has 0 bridgehead atoms. The van der Waals surface area contributed by atoms with Gasteiger partial charge in [-0.15, -0.1) is 11.3 Å². The third-order valence-electron chi connectivity index (χ3n) is 7.58. The van der Waals surface area contributed by atoms with E-state index in [1.165, 1.54) is 11.3 Å². The lowest BCUT2D eigenvalue weighted by Crippen LogP contribution is -2.47. The minimum absolute atomic E-state index is 0.133. The third-order valence-corrected chi connectivity index (χ3v) is 10.5. The number of esters is 2. The first-order valence-electron chi connectivity index (χ1n) is 14.0. The molecule has 3 amide bonds. The van der Waals surface area contributed by atoms with Gasteiger partial charge >= 0.3 is 11.9 Å². The fourth-order valence-corrected chi connectivity index (χ4v) is 7.85. The summed E-state index contributed by atoms with van der Waals surface area (Å²) >= 11 is 26.2. The molecule has 0 saturated carbocycles. The van der Waals surface area contributed by atoms with Crippen molar-refractivity contribution in [2.24, 2.45) is 5.92 Å². The van der Waals surface area contributed by atoms with E-state index in [0.29, 0.717) is 33.4 Å². The Labute approximate surface area is 282 Å². The lowest BCUT2D eigenvalue weighted by atomic mass is 9.88. The second kappa shape index (κ2) is 13.7. The quantitative estimate of drug-likeness (QED) is 0.109. The summed E-state index contributed by atoms with van der Waals surface area (Å²) in [7, 11) is 0. The first kappa shape index (κ1) is 33.2. The van der Waals surface area contributed by atoms with Crippen LogP contribution in [0.3, 0.4) is 0 Å². The Kier molecular flexibility index (Phi) is 10.1. The van der Waals surface area contributed by atoms with Gasteiger partial charge in [0.15, 0.2) is 6.61 Å². The van der Waals surface area contributed by atoms with Crippen LogP contribution in [0.25, 0.3) is 0 Å². The van der Waals surface area contributed by atoms with E-state index in [1.54, 1.807) is 37.3 Å². The van der Waals surface area contributed by atoms with E-state index in [2.05, 4.69) is 12.2 Å². The van der Waals surface area contributed by atoms with Crippen LogP contribution in [0.15, 0.2) is 30.3 Å². The van der Waals surface area contributed by atoms with Crippen LogP contribution in [0.4, 0.5) is 5.00 Å². The zero-order valence-corrected chi connectivity index (χ0v) is 27.8. The predicted octanol–water partition coefficient (Wildman–Crippen LogP) is 7.05. The summed E-state index contributed by atoms with van der Waals surface area (Å²) in [5.41, 5.74) is 1.20. The molecular formula is C31H26Cl4N2O7S. The predicted molar refractivity (Wildman–Crippen MR) is 172 cm³/mol. The number of hydrogen-bond acceptors (Lipinski definition) is 8. The average molecular weight is 712 g/mol. The number of imide groups is 1. The highest BCUT2D eigenvalue weighted by atomic mass is 35.5. The van der Waals surface area contributed by atoms with Crippen molar-refractivity contribution < 1.29 is 33.4 Å². The van der Waals surface area contributed by atoms with Gasteiger partial charge in [-0.05, 0) is 43.2 Å². The maximum Gasteiger partial charge on any atom is 0.341 e. The lowest BCUT2D eigenvalue weighted by Gasteiger charge is -2.24. The van der Waals surface area contributed by atoms with E-state index in [9.17, 15) is 24.0 Å². The summed E-state index contributed by atoms with van der Waals surface area (Å²) in [5, 5.41) is 2.01. The summed E-state index contributed by atoms with van der Waals surface area (Å²) in [6.07, 6.45) is 2.21. The topological polar surface area (TPSA) is 119 Å². The Morgan fingerprint density at radius 3 is 2.20 bits per heavy atom. The van der Waals surface area contributed by atoms with Gasteiger partial charge < -0.3 is 14.8 Å². The van der Waals surface area contributed by atoms with Gasteiger partial charge in [-0.3, -0.25) is 19.3 Å². The van der Waals surface area contributed by atoms with Gasteiger partial charge in [-0.2, -0.15) is 0 Å². The van der Waals surface area contributed by atoms with Gasteiger partial charge in [0, 0.05) is 11.3 Å². The molecule has 2 heterocycles. The van der Waals surface area contributed by atoms with Crippen LogP contribution in [0.2, 0.25) is 20.1 Å². The van der Waals surface area contributed by atoms with Crippen LogP contribution < -0.4 is 5.32 Å². The van der Waals surface area contributed by atoms with Gasteiger partial charge in [0.2, 0.25) is 0 Å². The van der Waals surface area contributed by atoms with Crippen molar-refractivity contribution in [2.45, 2.75) is 45.6 Å². The molecule has 1 aliphatic heterocycles. The van der Waals surface area contributed by atoms with Gasteiger partial charge in [-0.1, -0.05) is 83.7 Å². The van der Waals surface area contributed by atoms with Crippen LogP contribution in [0.5, 0.6) is 0 Å². The van der Waals surface area contributed by atoms with Crippen molar-refractivity contribution in [3.8, 4) is 0 Å². The zero-order valence-electron chi connectivity index (χ0n) is 24.0. The number of anilines is 1. The maximum atomic E-state index is 13.6. The van der Waals surface area contributed by atoms with E-state index < -0.39 is 42.3 Å². The van der Waals surface area contributed by atoms with Crippen molar-refractivity contribution in [2.75, 3.05) is 18.5 Å². The highest BCUT2D eigenvalue weighted by Crippen LogP contribution is 2.45. The number of ether oxygens (including phenoxy) is 2. The number of fused-ring (bicyclic) bond motifs is 2. The highest BCUT2D eigenvalue weighted by Gasteiger charge is 2.47. The molecule has 45 heavy (non-hydrogen) atoms. The van der Waals surface area contributed by atoms with Crippen LogP contribution in [0, 0.1) is 5.92 Å². The van der Waals surface area contributed by atoms with Crippen LogP contribution in [-0.2, 0) is 38.3 Å². The summed E-state index contributed by atoms with van der Waals surface area (Å²) in [6.45, 7) is 3.23. The smallest absolute Gasteiger partial charge is 0.341 e. The van der Waals surface area contributed by atoms with Gasteiger partial charge in [0.1, 0.15) is 11.0 Å². The molecule has 0 saturated heterocycles. The monoisotopic (exact) mass is 710 g/mol. The molecule has 2 aromatic carbocycles. The number of halogens is 4. The summed E-state index contributed by atoms with van der Waals surface area (Å²) in [5.74, 6) is -3.69. The molecule has 1 N–H and O–H groups in total. The molecule has 2 unspecified atom stereocenters. The number of nitrogens with zero attached hydrogens (tertiary/aromatic N) is 1. The molecule has 1 aromatic heterocycles. The summed E-state index contributed by atoms with van der Waals surface area (Å²) in [6, 6.07) is 7.13. The molecule has 0 spiro atoms. The molecule has 1 aliphatic carbocycles. The van der Waals surface area contributed by atoms with E-state index in [0.717, 1.165) is 23.3 Å². The number of benzene rings is 2. The second-order valence-electron chi connectivity index (χ2n) is 10.6. The standard InChI is InChI=1S/C31H26Cl4N2O7S/c1-3-43-31(42)20-16-10-9-14(2)11-18(16)45-27(20)36-19(38)13-44-30(41)17(12-15-7-5-4-6-8-15)37-28(39)21-22(29(37)40)24(33)26(35)25(34)23(21)32/h4-8,14,17H,3,9-13H2,1-2H3,(H,36,38). The second-order valence-corrected chi connectivity index (χ2v) is 13.2. The van der Waals surface area contributed by atoms with Crippen LogP contribution in [-0.4, -0.2) is 53.8 Å². The highest BCUT2D eigenvalue weighted by molar-refractivity contribution is 7.17. The summed E-state index contributed by atoms with van der Waals surface area (Å²) < 4.78 is 10.6. The van der Waals surface area contributed by atoms with Gasteiger partial charge in [0.25, 0.3) is 17.7 Å². The maximum absolute atomic E-state index is 13.6. The molecule has 0 fully saturated rings. The van der Waals surface area contributed by atoms with Gasteiger partial charge in [-0.25, -0.2) is 9.59 Å². The van der Waals surface area contributed by atoms with E-state index in [4.69, 9.17) is 55.9 Å². The van der Waals surface area contributed by atoms with Crippen molar-refractivity contribution in [3.63, 3.8) is 0 Å². The van der Waals surface area contributed by atoms with E-state index in [-0.39, 0.29) is 44.2 Å². The Bertz CT molecular complexity index is 1680. The molecule has 9 nitrogen and oxygen atoms in total. The van der Waals surface area contributed by atoms with Crippen molar-refractivity contribution in [1.82, 2.24) is 4.90 Å². The zero-order chi connectivity index (χ0) is 32.6. The first-order chi connectivity index (χ1) is 21.4. The molecule has 0 radical (unpaired) electrons. The number of nitrogens with one attached hydrogen (secondary N) is 1. The number of carbonyl (C=O) groups is 5. The number of hydrogen-bond donors (Lipinski definition) is 1. The van der Waals surface area contributed by atoms with E-state index in [1.807, 2.05) is 0 Å². The number of carbonyl (C=O) groups excluding carboxylic acids is 5. The SMILES string of the molecule is CCOC(=O)c1c(NC(=O)COC(=O)C(Cc2ccccc2)N2C(=O)c3c(Cl)c(Cl)c(Cl)c(Cl)c3C2=O)sc2c1CCC(C)C2. The minimum Gasteiger partial charge on any atom is -0.462 e. The number of thiophene rings is 1. The molecule has 236 valence electrons. The average Bonchev–Trinajstić information content (AvgIpc) is 3.49. The molecule has 3 aromatic rings. The normalized spacial score (nSPS) is 16.2. The molecule has 14 heteroatoms. The van der Waals surface area contributed by atoms with Crippen molar-refractivity contribution >= 4 is 92.4 Å². The Morgan fingerprint density at radius 2 is 1.60 bits per heavy atom. The number of amides is 3. The minimum atomic E-state index is -1.50. The molecular weight excluding hydrogens is 686 g/mol. The van der Waals surface area contributed by atoms with Crippen molar-refractivity contribution in [1.29, 1.82) is 0 Å². The van der Waals surface area contributed by atoms with Crippen LogP contribution >= 0.6 is 57.7 Å². The molecule has 2 atom stereocenters. The van der Waals surface area contributed by atoms with Crippen LogP contribution in [0.1, 0.15) is 67.3 Å². The summed E-state index contributed by atoms with van der Waals surface area (Å²) in [4.78, 5) is 68.2. The Hall–Kier alpha value is -3.15. The Balaban J connectivity index is 1.39. The fourth-order valence-electron chi connectivity index (χ4n) is 5.42. The number of rotatable bonds is 9. The molecule has 5 rings (SSSR count). The van der Waals surface area contributed by atoms with E-state index >= 15 is 0 Å². The molecule has 2 aliphatic rings. The third kappa shape index (κ3) is 6.44. The van der Waals surface area contributed by atoms with Gasteiger partial charge in [0.05, 0.1) is 43.4 Å². The van der Waals surface area contributed by atoms with Crippen molar-refractivity contribution in [3.05, 3.63) is 83.1 Å². The fraction of sp³-hybridized carbons (Fsp3) is 0.323. The Morgan fingerprint density at radius 1 is 0.978 bits per heavy atom. The first-order valence-corrected chi connectivity index (χ1v) is 16.3. The lowest BCUT2D eigenvalue weighted by molar-refractivity contribution is -0.151. The largest absolute Gasteiger partial charge is 0.462 e.